The van der Waals surface area contributed by atoms with Crippen molar-refractivity contribution in [3.8, 4) is 0 Å². The Morgan fingerprint density at radius 3 is 3.21 bits per heavy atom. The molecular formula is C9H13N3OS. The van der Waals surface area contributed by atoms with Crippen LogP contribution in [0.3, 0.4) is 0 Å². The first kappa shape index (κ1) is 9.73. The van der Waals surface area contributed by atoms with E-state index >= 15 is 0 Å². The maximum Gasteiger partial charge on any atom is 0.135 e. The third kappa shape index (κ3) is 2.16. The van der Waals surface area contributed by atoms with E-state index in [9.17, 15) is 4.79 Å². The van der Waals surface area contributed by atoms with Gasteiger partial charge in [-0.15, -0.1) is 5.10 Å². The van der Waals surface area contributed by atoms with E-state index < -0.39 is 0 Å². The molecule has 1 atom stereocenters. The molecule has 2 rings (SSSR count). The summed E-state index contributed by atoms with van der Waals surface area (Å²) in [5, 5.41) is 5.97. The minimum atomic E-state index is 0.345. The fourth-order valence-electron chi connectivity index (χ4n) is 1.75. The van der Waals surface area contributed by atoms with Gasteiger partial charge in [-0.2, -0.15) is 0 Å². The number of hydrogen-bond acceptors (Lipinski definition) is 5. The Hall–Kier alpha value is -0.810. The smallest absolute Gasteiger partial charge is 0.135 e. The van der Waals surface area contributed by atoms with Crippen LogP contribution in [0.1, 0.15) is 25.5 Å². The van der Waals surface area contributed by atoms with Gasteiger partial charge in [0.15, 0.2) is 0 Å². The molecular weight excluding hydrogens is 198 g/mol. The second-order valence-corrected chi connectivity index (χ2v) is 4.32. The Morgan fingerprint density at radius 2 is 2.57 bits per heavy atom. The van der Waals surface area contributed by atoms with E-state index in [-0.39, 0.29) is 0 Å². The third-order valence-electron chi connectivity index (χ3n) is 2.59. The third-order valence-corrected chi connectivity index (χ3v) is 3.15. The highest BCUT2D eigenvalue weighted by atomic mass is 32.1. The molecule has 14 heavy (non-hydrogen) atoms. The van der Waals surface area contributed by atoms with E-state index in [1.54, 1.807) is 0 Å². The molecule has 1 aromatic heterocycles. The van der Waals surface area contributed by atoms with E-state index in [0.29, 0.717) is 24.7 Å². The highest BCUT2D eigenvalue weighted by molar-refractivity contribution is 7.03. The summed E-state index contributed by atoms with van der Waals surface area (Å²) in [6.07, 6.45) is 1.36. The average molecular weight is 211 g/mol. The Balaban J connectivity index is 1.95. The number of carbonyl (C=O) groups is 1. The summed E-state index contributed by atoms with van der Waals surface area (Å²) in [4.78, 5) is 13.5. The fourth-order valence-corrected chi connectivity index (χ4v) is 2.19. The number of ketones is 1. The molecule has 4 nitrogen and oxygen atoms in total. The molecule has 76 valence electrons. The predicted octanol–water partition coefficient (Wildman–Crippen LogP) is 1.09. The molecule has 0 amide bonds. The average Bonchev–Trinajstić information content (AvgIpc) is 2.62. The van der Waals surface area contributed by atoms with E-state index in [1.165, 1.54) is 11.5 Å². The lowest BCUT2D eigenvalue weighted by atomic mass is 10.0. The number of rotatable bonds is 2. The van der Waals surface area contributed by atoms with Gasteiger partial charge in [0.2, 0.25) is 0 Å². The first-order valence-electron chi connectivity index (χ1n) is 4.77. The zero-order valence-corrected chi connectivity index (χ0v) is 8.96. The van der Waals surface area contributed by atoms with Crippen molar-refractivity contribution in [2.75, 3.05) is 6.54 Å². The molecule has 0 aromatic carbocycles. The number of nitrogens with zero attached hydrogens (tertiary/aromatic N) is 3. The van der Waals surface area contributed by atoms with Gasteiger partial charge in [0, 0.05) is 37.4 Å². The van der Waals surface area contributed by atoms with Crippen LogP contribution >= 0.6 is 11.5 Å². The number of likely N-dealkylation sites (tertiary alicyclic amines) is 1. The first-order valence-corrected chi connectivity index (χ1v) is 5.61. The summed E-state index contributed by atoms with van der Waals surface area (Å²) < 4.78 is 3.83. The van der Waals surface area contributed by atoms with Gasteiger partial charge in [-0.25, -0.2) is 0 Å². The molecule has 1 aliphatic rings. The standard InChI is InChI=1S/C9H13N3OS/c1-7-4-9(13)2-3-12(7)5-8-6-14-11-10-8/h6-7H,2-5H2,1H3. The van der Waals surface area contributed by atoms with Crippen LogP contribution in [0.5, 0.6) is 0 Å². The molecule has 5 heteroatoms. The topological polar surface area (TPSA) is 46.1 Å². The van der Waals surface area contributed by atoms with E-state index in [4.69, 9.17) is 0 Å². The number of Topliss-reactive ketones (excluding diaryl/α,β-unsaturated/α-hetero) is 1. The van der Waals surface area contributed by atoms with E-state index in [1.807, 2.05) is 5.38 Å². The Kier molecular flexibility index (Phi) is 2.88. The Labute approximate surface area is 87.1 Å². The summed E-state index contributed by atoms with van der Waals surface area (Å²) in [6.45, 7) is 3.78. The molecule has 0 radical (unpaired) electrons. The van der Waals surface area contributed by atoms with Crippen molar-refractivity contribution in [2.45, 2.75) is 32.4 Å². The van der Waals surface area contributed by atoms with Crippen LogP contribution in [0.4, 0.5) is 0 Å². The van der Waals surface area contributed by atoms with Gasteiger partial charge in [0.05, 0.1) is 5.69 Å². The predicted molar refractivity (Wildman–Crippen MR) is 54.0 cm³/mol. The van der Waals surface area contributed by atoms with Crippen molar-refractivity contribution in [1.82, 2.24) is 14.5 Å². The Bertz CT molecular complexity index is 312. The lowest BCUT2D eigenvalue weighted by Crippen LogP contribution is -2.40. The van der Waals surface area contributed by atoms with Crippen molar-refractivity contribution in [3.63, 3.8) is 0 Å². The zero-order valence-electron chi connectivity index (χ0n) is 8.14. The van der Waals surface area contributed by atoms with Crippen molar-refractivity contribution < 1.29 is 4.79 Å². The number of hydrogen-bond donors (Lipinski definition) is 0. The number of aromatic nitrogens is 2. The summed E-state index contributed by atoms with van der Waals surface area (Å²) in [5.74, 6) is 0.380. The largest absolute Gasteiger partial charge is 0.300 e. The van der Waals surface area contributed by atoms with Crippen molar-refractivity contribution >= 4 is 17.3 Å². The lowest BCUT2D eigenvalue weighted by molar-refractivity contribution is -0.123. The number of piperidine rings is 1. The molecule has 1 fully saturated rings. The van der Waals surface area contributed by atoms with Gasteiger partial charge in [-0.3, -0.25) is 9.69 Å². The molecule has 1 unspecified atom stereocenters. The summed E-state index contributed by atoms with van der Waals surface area (Å²) in [5.41, 5.74) is 1.01. The highest BCUT2D eigenvalue weighted by Gasteiger charge is 2.23. The molecule has 0 bridgehead atoms. The monoisotopic (exact) mass is 211 g/mol. The molecule has 0 saturated carbocycles. The van der Waals surface area contributed by atoms with Gasteiger partial charge in [0.1, 0.15) is 5.78 Å². The van der Waals surface area contributed by atoms with Crippen LogP contribution < -0.4 is 0 Å². The molecule has 0 N–H and O–H groups in total. The zero-order chi connectivity index (χ0) is 9.97. The minimum Gasteiger partial charge on any atom is -0.300 e. The summed E-state index contributed by atoms with van der Waals surface area (Å²) in [6, 6.07) is 0.345. The maximum absolute atomic E-state index is 11.2. The fraction of sp³-hybridized carbons (Fsp3) is 0.667. The first-order chi connectivity index (χ1) is 6.75. The van der Waals surface area contributed by atoms with Crippen LogP contribution in [0.25, 0.3) is 0 Å². The van der Waals surface area contributed by atoms with Crippen LogP contribution in [-0.4, -0.2) is 32.9 Å². The van der Waals surface area contributed by atoms with Gasteiger partial charge >= 0.3 is 0 Å². The van der Waals surface area contributed by atoms with Gasteiger partial charge in [-0.05, 0) is 18.5 Å². The lowest BCUT2D eigenvalue weighted by Gasteiger charge is -2.31. The SMILES string of the molecule is CC1CC(=O)CCN1Cc1csnn1. The molecule has 1 aliphatic heterocycles. The van der Waals surface area contributed by atoms with Crippen molar-refractivity contribution in [2.24, 2.45) is 0 Å². The molecule has 0 aliphatic carbocycles. The highest BCUT2D eigenvalue weighted by Crippen LogP contribution is 2.16. The van der Waals surface area contributed by atoms with Crippen molar-refractivity contribution in [3.05, 3.63) is 11.1 Å². The van der Waals surface area contributed by atoms with Gasteiger partial charge in [0.25, 0.3) is 0 Å². The Morgan fingerprint density at radius 1 is 1.71 bits per heavy atom. The van der Waals surface area contributed by atoms with Crippen molar-refractivity contribution in [1.29, 1.82) is 0 Å². The second kappa shape index (κ2) is 4.14. The molecule has 0 spiro atoms. The summed E-state index contributed by atoms with van der Waals surface area (Å²) in [7, 11) is 0. The van der Waals surface area contributed by atoms with Crippen LogP contribution in [0, 0.1) is 0 Å². The molecule has 1 saturated heterocycles. The van der Waals surface area contributed by atoms with Gasteiger partial charge < -0.3 is 0 Å². The summed E-state index contributed by atoms with van der Waals surface area (Å²) >= 11 is 1.38. The number of carbonyl (C=O) groups excluding carboxylic acids is 1. The van der Waals surface area contributed by atoms with Gasteiger partial charge in [-0.1, -0.05) is 4.49 Å². The maximum atomic E-state index is 11.2. The minimum absolute atomic E-state index is 0.345. The second-order valence-electron chi connectivity index (χ2n) is 3.71. The quantitative estimate of drug-likeness (QED) is 0.734. The molecule has 2 heterocycles. The van der Waals surface area contributed by atoms with E-state index in [2.05, 4.69) is 21.4 Å². The van der Waals surface area contributed by atoms with Crippen LogP contribution in [-0.2, 0) is 11.3 Å². The van der Waals surface area contributed by atoms with E-state index in [0.717, 1.165) is 18.8 Å². The molecule has 1 aromatic rings. The normalized spacial score (nSPS) is 24.1. The van der Waals surface area contributed by atoms with Crippen LogP contribution in [0.15, 0.2) is 5.38 Å². The van der Waals surface area contributed by atoms with Crippen LogP contribution in [0.2, 0.25) is 0 Å².